The van der Waals surface area contributed by atoms with Crippen molar-refractivity contribution in [3.63, 3.8) is 0 Å². The third kappa shape index (κ3) is 9.53. The lowest BCUT2D eigenvalue weighted by atomic mass is 10.1. The Morgan fingerprint density at radius 1 is 1.13 bits per heavy atom. The predicted molar refractivity (Wildman–Crippen MR) is 138 cm³/mol. The number of nitrogens with one attached hydrogen (secondary N) is 3. The number of esters is 1. The lowest BCUT2D eigenvalue weighted by molar-refractivity contribution is -0.152. The molecule has 1 aromatic carbocycles. The van der Waals surface area contributed by atoms with Gasteiger partial charge >= 0.3 is 17.6 Å². The van der Waals surface area contributed by atoms with Crippen LogP contribution in [-0.2, 0) is 36.9 Å². The number of ether oxygens (including phenoxy) is 1. The average molecular weight is 548 g/mol. The number of benzene rings is 1. The number of nitrogens with two attached hydrogens (primary N) is 2. The highest BCUT2D eigenvalue weighted by Crippen LogP contribution is 2.17. The molecule has 0 aliphatic heterocycles. The molecule has 212 valence electrons. The molecule has 2 amide bonds. The molecule has 1 aromatic heterocycles. The van der Waals surface area contributed by atoms with E-state index >= 15 is 0 Å². The zero-order chi connectivity index (χ0) is 29.1. The van der Waals surface area contributed by atoms with Crippen LogP contribution >= 0.6 is 0 Å². The van der Waals surface area contributed by atoms with E-state index in [1.165, 1.54) is 0 Å². The van der Waals surface area contributed by atoms with E-state index in [0.29, 0.717) is 12.0 Å². The maximum atomic E-state index is 13.0. The van der Waals surface area contributed by atoms with E-state index in [1.807, 2.05) is 0 Å². The van der Waals surface area contributed by atoms with Crippen molar-refractivity contribution in [3.8, 4) is 5.88 Å². The number of carboxylic acids is 1. The molecule has 2 atom stereocenters. The number of amides is 2. The molecule has 2 aromatic rings. The number of rotatable bonds is 14. The second-order valence-corrected chi connectivity index (χ2v) is 8.78. The number of carboxylic acid groups (broad SMARTS) is 1. The lowest BCUT2D eigenvalue weighted by Gasteiger charge is -2.23. The van der Waals surface area contributed by atoms with Gasteiger partial charge in [-0.2, -0.15) is 0 Å². The summed E-state index contributed by atoms with van der Waals surface area (Å²) in [5.41, 5.74) is 10.2. The zero-order valence-corrected chi connectivity index (χ0v) is 21.5. The van der Waals surface area contributed by atoms with Crippen molar-refractivity contribution >= 4 is 29.7 Å². The molecule has 15 heteroatoms. The summed E-state index contributed by atoms with van der Waals surface area (Å²) in [6.07, 6.45) is -0.717. The van der Waals surface area contributed by atoms with Crippen molar-refractivity contribution in [3.05, 3.63) is 52.1 Å². The Morgan fingerprint density at radius 3 is 2.38 bits per heavy atom. The number of hydrogen-bond acceptors (Lipinski definition) is 8. The first-order valence-corrected chi connectivity index (χ1v) is 12.0. The van der Waals surface area contributed by atoms with Crippen LogP contribution in [0.3, 0.4) is 0 Å². The largest absolute Gasteiger partial charge is 0.493 e. The van der Waals surface area contributed by atoms with E-state index in [-0.39, 0.29) is 24.6 Å². The molecule has 0 saturated heterocycles. The summed E-state index contributed by atoms with van der Waals surface area (Å²) < 4.78 is 5.95. The number of imidazole rings is 1. The molecular formula is C24H33N7O8. The number of guanidine groups is 1. The van der Waals surface area contributed by atoms with Crippen LogP contribution in [0, 0.1) is 0 Å². The second-order valence-electron chi connectivity index (χ2n) is 8.78. The van der Waals surface area contributed by atoms with Gasteiger partial charge in [0.15, 0.2) is 12.0 Å². The van der Waals surface area contributed by atoms with Crippen molar-refractivity contribution < 1.29 is 34.1 Å². The van der Waals surface area contributed by atoms with Gasteiger partial charge in [0, 0.05) is 6.54 Å². The molecule has 2 rings (SSSR count). The maximum absolute atomic E-state index is 13.0. The summed E-state index contributed by atoms with van der Waals surface area (Å²) in [4.78, 5) is 68.3. The van der Waals surface area contributed by atoms with E-state index in [2.05, 4.69) is 20.6 Å². The van der Waals surface area contributed by atoms with E-state index in [4.69, 9.17) is 16.2 Å². The highest BCUT2D eigenvalue weighted by molar-refractivity contribution is 5.93. The van der Waals surface area contributed by atoms with Gasteiger partial charge in [0.25, 0.3) is 0 Å². The number of H-pyrrole nitrogens is 1. The summed E-state index contributed by atoms with van der Waals surface area (Å²) in [5, 5.41) is 24.4. The molecule has 0 unspecified atom stereocenters. The van der Waals surface area contributed by atoms with Gasteiger partial charge in [-0.1, -0.05) is 30.3 Å². The van der Waals surface area contributed by atoms with Crippen LogP contribution < -0.4 is 27.8 Å². The first kappa shape index (κ1) is 30.4. The van der Waals surface area contributed by atoms with Crippen LogP contribution in [0.2, 0.25) is 0 Å². The predicted octanol–water partition coefficient (Wildman–Crippen LogP) is -1.14. The quantitative estimate of drug-likeness (QED) is 0.0648. The third-order valence-corrected chi connectivity index (χ3v) is 5.25. The van der Waals surface area contributed by atoms with Crippen molar-refractivity contribution in [2.24, 2.45) is 16.5 Å². The van der Waals surface area contributed by atoms with Gasteiger partial charge < -0.3 is 42.0 Å². The minimum Gasteiger partial charge on any atom is -0.493 e. The van der Waals surface area contributed by atoms with Crippen LogP contribution in [0.4, 0.5) is 0 Å². The molecule has 0 radical (unpaired) electrons. The van der Waals surface area contributed by atoms with Gasteiger partial charge in [-0.3, -0.25) is 23.9 Å². The maximum Gasteiger partial charge on any atom is 0.333 e. The molecule has 0 aliphatic carbocycles. The van der Waals surface area contributed by atoms with E-state index < -0.39 is 66.5 Å². The highest BCUT2D eigenvalue weighted by atomic mass is 16.5. The summed E-state index contributed by atoms with van der Waals surface area (Å²) >= 11 is 0. The Morgan fingerprint density at radius 2 is 1.79 bits per heavy atom. The molecule has 0 bridgehead atoms. The van der Waals surface area contributed by atoms with Gasteiger partial charge in [0.05, 0.1) is 18.2 Å². The molecule has 0 spiro atoms. The van der Waals surface area contributed by atoms with Gasteiger partial charge in [-0.15, -0.1) is 0 Å². The first-order valence-electron chi connectivity index (χ1n) is 12.0. The fraction of sp³-hybridized carbons (Fsp3) is 0.417. The molecule has 1 heterocycles. The van der Waals surface area contributed by atoms with Gasteiger partial charge in [0.2, 0.25) is 17.7 Å². The average Bonchev–Trinajstić information content (AvgIpc) is 3.11. The molecular weight excluding hydrogens is 514 g/mol. The summed E-state index contributed by atoms with van der Waals surface area (Å²) in [6.45, 7) is 2.79. The highest BCUT2D eigenvalue weighted by Gasteiger charge is 2.31. The Balaban J connectivity index is 2.16. The van der Waals surface area contributed by atoms with Crippen LogP contribution in [0.5, 0.6) is 5.88 Å². The fourth-order valence-electron chi connectivity index (χ4n) is 3.53. The number of aromatic nitrogens is 2. The first-order chi connectivity index (χ1) is 18.4. The number of nitrogens with zero attached hydrogens (tertiary/aromatic N) is 2. The minimum atomic E-state index is -1.61. The number of carbonyl (C=O) groups is 4. The van der Waals surface area contributed by atoms with Crippen LogP contribution in [0.25, 0.3) is 0 Å². The number of aliphatic imine (C=N–C) groups is 1. The van der Waals surface area contributed by atoms with Gasteiger partial charge in [-0.25, -0.2) is 9.59 Å². The number of hydrogen-bond donors (Lipinski definition) is 7. The number of carbonyl (C=O) groups excluding carboxylic acids is 3. The monoisotopic (exact) mass is 547 g/mol. The number of aryl methyl sites for hydroxylation is 1. The van der Waals surface area contributed by atoms with E-state index in [1.54, 1.807) is 44.2 Å². The van der Waals surface area contributed by atoms with Crippen molar-refractivity contribution in [1.29, 1.82) is 0 Å². The van der Waals surface area contributed by atoms with Gasteiger partial charge in [-0.05, 0) is 32.3 Å². The standard InChI is InChI=1S/C24H33N7O8/c1-13(2)39-22(37)19(14-7-4-3-5-8-14)30-20(35)16(11-18(33)34)28-17(32)12-31-21(36)15(29-24(31)38)9-6-10-27-23(25)26/h3-5,7-8,13,16,19,36H,6,9-12H2,1-2H3,(H,28,32)(H,29,38)(H,30,35)(H,33,34)(H4,25,26,27)/t16-,19+/m0/s1. The summed E-state index contributed by atoms with van der Waals surface area (Å²) in [7, 11) is 0. The second kappa shape index (κ2) is 14.2. The SMILES string of the molecule is CC(C)OC(=O)[C@H](NC(=O)[C@H](CC(=O)O)NC(=O)Cn1c(O)c(CCCN=C(N)N)[nH]c1=O)c1ccccc1. The number of aliphatic carboxylic acids is 1. The molecule has 0 fully saturated rings. The lowest BCUT2D eigenvalue weighted by Crippen LogP contribution is -2.51. The van der Waals surface area contributed by atoms with Crippen LogP contribution in [-0.4, -0.2) is 68.2 Å². The van der Waals surface area contributed by atoms with Crippen LogP contribution in [0.15, 0.2) is 40.1 Å². The van der Waals surface area contributed by atoms with Crippen molar-refractivity contribution in [2.75, 3.05) is 6.54 Å². The normalized spacial score (nSPS) is 12.3. The minimum absolute atomic E-state index is 0.103. The zero-order valence-electron chi connectivity index (χ0n) is 21.5. The Kier molecular flexibility index (Phi) is 11.1. The molecule has 0 saturated carbocycles. The Hall–Kier alpha value is -4.82. The third-order valence-electron chi connectivity index (χ3n) is 5.25. The fourth-order valence-corrected chi connectivity index (χ4v) is 3.53. The van der Waals surface area contributed by atoms with Gasteiger partial charge in [0.1, 0.15) is 12.6 Å². The number of aromatic amines is 1. The van der Waals surface area contributed by atoms with E-state index in [9.17, 15) is 34.2 Å². The Labute approximate surface area is 223 Å². The molecule has 39 heavy (non-hydrogen) atoms. The molecule has 0 aliphatic rings. The van der Waals surface area contributed by atoms with Crippen molar-refractivity contribution in [2.45, 2.75) is 57.8 Å². The molecule has 15 nitrogen and oxygen atoms in total. The van der Waals surface area contributed by atoms with Crippen molar-refractivity contribution in [1.82, 2.24) is 20.2 Å². The van der Waals surface area contributed by atoms with E-state index in [0.717, 1.165) is 4.57 Å². The molecule has 9 N–H and O–H groups in total. The number of aromatic hydroxyl groups is 1. The summed E-state index contributed by atoms with van der Waals surface area (Å²) in [6, 6.07) is 5.27. The topological polar surface area (TPSA) is 244 Å². The Bertz CT molecular complexity index is 1250. The van der Waals surface area contributed by atoms with Crippen LogP contribution in [0.1, 0.15) is 44.0 Å². The summed E-state index contributed by atoms with van der Waals surface area (Å²) in [5.74, 6) is -4.68. The smallest absolute Gasteiger partial charge is 0.333 e.